The van der Waals surface area contributed by atoms with Gasteiger partial charge in [-0.1, -0.05) is 17.7 Å². The van der Waals surface area contributed by atoms with Gasteiger partial charge in [0.25, 0.3) is 0 Å². The Balaban J connectivity index is 2.06. The lowest BCUT2D eigenvalue weighted by molar-refractivity contribution is 0.615. The lowest BCUT2D eigenvalue weighted by atomic mass is 10.1. The number of hydrogen-bond donors (Lipinski definition) is 1. The van der Waals surface area contributed by atoms with E-state index in [2.05, 4.69) is 5.32 Å². The van der Waals surface area contributed by atoms with Gasteiger partial charge in [-0.15, -0.1) is 0 Å². The van der Waals surface area contributed by atoms with Crippen LogP contribution in [0.3, 0.4) is 0 Å². The van der Waals surface area contributed by atoms with Crippen molar-refractivity contribution in [2.75, 3.05) is 16.8 Å². The van der Waals surface area contributed by atoms with Crippen LogP contribution < -0.4 is 5.32 Å². The van der Waals surface area contributed by atoms with Gasteiger partial charge < -0.3 is 5.32 Å². The fourth-order valence-electron chi connectivity index (χ4n) is 1.68. The van der Waals surface area contributed by atoms with Gasteiger partial charge in [0.1, 0.15) is 0 Å². The van der Waals surface area contributed by atoms with Crippen LogP contribution in [-0.4, -0.2) is 17.5 Å². The molecular formula is C11H13ClFNS. The fraction of sp³-hybridized carbons (Fsp3) is 0.455. The summed E-state index contributed by atoms with van der Waals surface area (Å²) in [5, 5.41) is 3.40. The van der Waals surface area contributed by atoms with Crippen molar-refractivity contribution < 1.29 is 4.39 Å². The molecule has 1 aliphatic rings. The minimum Gasteiger partial charge on any atom is -0.380 e. The number of rotatable bonds is 2. The van der Waals surface area contributed by atoms with Gasteiger partial charge in [0.05, 0.1) is 10.7 Å². The summed E-state index contributed by atoms with van der Waals surface area (Å²) in [6.07, 6.45) is 2.19. The molecule has 0 saturated carbocycles. The van der Waals surface area contributed by atoms with Gasteiger partial charge in [-0.25, -0.2) is 4.39 Å². The number of thioether (sulfide) groups is 1. The summed E-state index contributed by atoms with van der Waals surface area (Å²) in [5.74, 6) is 1.97. The Morgan fingerprint density at radius 2 is 2.07 bits per heavy atom. The molecule has 1 saturated heterocycles. The first-order valence-electron chi connectivity index (χ1n) is 5.05. The Morgan fingerprint density at radius 3 is 2.80 bits per heavy atom. The Kier molecular flexibility index (Phi) is 3.76. The molecule has 82 valence electrons. The molecule has 4 heteroatoms. The van der Waals surface area contributed by atoms with E-state index in [0.717, 1.165) is 24.3 Å². The van der Waals surface area contributed by atoms with Gasteiger partial charge >= 0.3 is 0 Å². The summed E-state index contributed by atoms with van der Waals surface area (Å²) >= 11 is 7.67. The van der Waals surface area contributed by atoms with E-state index >= 15 is 0 Å². The highest BCUT2D eigenvalue weighted by molar-refractivity contribution is 7.99. The molecule has 0 amide bonds. The molecule has 0 aromatic heterocycles. The van der Waals surface area contributed by atoms with Gasteiger partial charge in [-0.2, -0.15) is 11.8 Å². The third-order valence-electron chi connectivity index (χ3n) is 2.53. The summed E-state index contributed by atoms with van der Waals surface area (Å²) < 4.78 is 13.6. The topological polar surface area (TPSA) is 12.0 Å². The third-order valence-corrected chi connectivity index (χ3v) is 3.87. The number of benzene rings is 1. The normalized spacial score (nSPS) is 17.7. The van der Waals surface area contributed by atoms with Crippen LogP contribution in [0.5, 0.6) is 0 Å². The van der Waals surface area contributed by atoms with Gasteiger partial charge in [0.2, 0.25) is 0 Å². The predicted octanol–water partition coefficient (Wildman–Crippen LogP) is 3.79. The van der Waals surface area contributed by atoms with E-state index in [1.54, 1.807) is 18.2 Å². The van der Waals surface area contributed by atoms with Crippen molar-refractivity contribution in [3.05, 3.63) is 29.0 Å². The molecule has 1 nitrogen and oxygen atoms in total. The Morgan fingerprint density at radius 1 is 1.33 bits per heavy atom. The second kappa shape index (κ2) is 5.08. The van der Waals surface area contributed by atoms with E-state index < -0.39 is 0 Å². The molecule has 0 bridgehead atoms. The maximum Gasteiger partial charge on any atom is 0.164 e. The molecule has 2 rings (SSSR count). The first kappa shape index (κ1) is 11.1. The van der Waals surface area contributed by atoms with Crippen LogP contribution in [-0.2, 0) is 0 Å². The lowest BCUT2D eigenvalue weighted by Crippen LogP contribution is -2.24. The third kappa shape index (κ3) is 2.79. The molecule has 0 unspecified atom stereocenters. The highest BCUT2D eigenvalue weighted by atomic mass is 35.5. The van der Waals surface area contributed by atoms with Gasteiger partial charge in [0, 0.05) is 6.04 Å². The van der Waals surface area contributed by atoms with E-state index in [-0.39, 0.29) is 10.8 Å². The summed E-state index contributed by atoms with van der Waals surface area (Å²) in [5.41, 5.74) is 0.527. The first-order chi connectivity index (χ1) is 7.27. The van der Waals surface area contributed by atoms with Crippen molar-refractivity contribution >= 4 is 29.1 Å². The van der Waals surface area contributed by atoms with E-state index in [9.17, 15) is 4.39 Å². The van der Waals surface area contributed by atoms with Crippen LogP contribution in [0.4, 0.5) is 10.1 Å². The highest BCUT2D eigenvalue weighted by Crippen LogP contribution is 2.25. The lowest BCUT2D eigenvalue weighted by Gasteiger charge is -2.23. The molecule has 0 aliphatic carbocycles. The maximum absolute atomic E-state index is 13.6. The van der Waals surface area contributed by atoms with Crippen molar-refractivity contribution in [2.45, 2.75) is 18.9 Å². The molecule has 1 heterocycles. The molecule has 1 N–H and O–H groups in total. The quantitative estimate of drug-likeness (QED) is 0.851. The Labute approximate surface area is 98.4 Å². The minimum atomic E-state index is -0.336. The van der Waals surface area contributed by atoms with Crippen LogP contribution in [0.25, 0.3) is 0 Å². The summed E-state index contributed by atoms with van der Waals surface area (Å²) in [6.45, 7) is 0. The molecule has 1 aliphatic heterocycles. The molecular weight excluding hydrogens is 233 g/mol. The molecule has 0 atom stereocenters. The van der Waals surface area contributed by atoms with Crippen LogP contribution in [0.1, 0.15) is 12.8 Å². The van der Waals surface area contributed by atoms with Crippen LogP contribution in [0, 0.1) is 5.82 Å². The van der Waals surface area contributed by atoms with Crippen LogP contribution in [0.2, 0.25) is 5.02 Å². The van der Waals surface area contributed by atoms with Crippen molar-refractivity contribution in [2.24, 2.45) is 0 Å². The molecule has 0 radical (unpaired) electrons. The number of anilines is 1. The largest absolute Gasteiger partial charge is 0.380 e. The van der Waals surface area contributed by atoms with E-state index in [1.165, 1.54) is 0 Å². The summed E-state index contributed by atoms with van der Waals surface area (Å²) in [6, 6.07) is 5.46. The zero-order valence-electron chi connectivity index (χ0n) is 8.30. The summed E-state index contributed by atoms with van der Waals surface area (Å²) in [7, 11) is 0. The van der Waals surface area contributed by atoms with Gasteiger partial charge in [0.15, 0.2) is 5.82 Å². The second-order valence-electron chi connectivity index (χ2n) is 3.63. The monoisotopic (exact) mass is 245 g/mol. The minimum absolute atomic E-state index is 0.185. The zero-order chi connectivity index (χ0) is 10.7. The number of nitrogens with one attached hydrogen (secondary N) is 1. The first-order valence-corrected chi connectivity index (χ1v) is 6.59. The molecule has 1 aromatic carbocycles. The number of halogens is 2. The smallest absolute Gasteiger partial charge is 0.164 e. The fourth-order valence-corrected chi connectivity index (χ4v) is 2.96. The van der Waals surface area contributed by atoms with Crippen molar-refractivity contribution in [1.29, 1.82) is 0 Å². The van der Waals surface area contributed by atoms with Crippen molar-refractivity contribution in [3.63, 3.8) is 0 Å². The Hall–Kier alpha value is -0.410. The standard InChI is InChI=1S/C11H13ClFNS/c12-9-2-1-3-10(11(9)13)14-8-4-6-15-7-5-8/h1-3,8,14H,4-7H2. The second-order valence-corrected chi connectivity index (χ2v) is 5.26. The van der Waals surface area contributed by atoms with E-state index in [1.807, 2.05) is 11.8 Å². The zero-order valence-corrected chi connectivity index (χ0v) is 9.87. The SMILES string of the molecule is Fc1c(Cl)cccc1NC1CCSCC1. The number of hydrogen-bond acceptors (Lipinski definition) is 2. The average molecular weight is 246 g/mol. The Bertz CT molecular complexity index is 339. The predicted molar refractivity (Wildman–Crippen MR) is 65.4 cm³/mol. The van der Waals surface area contributed by atoms with E-state index in [0.29, 0.717) is 11.7 Å². The molecule has 0 spiro atoms. The van der Waals surface area contributed by atoms with E-state index in [4.69, 9.17) is 11.6 Å². The maximum atomic E-state index is 13.6. The van der Waals surface area contributed by atoms with Crippen molar-refractivity contribution in [3.8, 4) is 0 Å². The van der Waals surface area contributed by atoms with Gasteiger partial charge in [-0.3, -0.25) is 0 Å². The molecule has 15 heavy (non-hydrogen) atoms. The van der Waals surface area contributed by atoms with Crippen molar-refractivity contribution in [1.82, 2.24) is 0 Å². The molecule has 1 aromatic rings. The van der Waals surface area contributed by atoms with Gasteiger partial charge in [-0.05, 0) is 36.5 Å². The average Bonchev–Trinajstić information content (AvgIpc) is 2.26. The van der Waals surface area contributed by atoms with Crippen LogP contribution in [0.15, 0.2) is 18.2 Å². The molecule has 1 fully saturated rings. The summed E-state index contributed by atoms with van der Waals surface area (Å²) in [4.78, 5) is 0. The highest BCUT2D eigenvalue weighted by Gasteiger charge is 2.15. The van der Waals surface area contributed by atoms with Crippen LogP contribution >= 0.6 is 23.4 Å².